The Balaban J connectivity index is 1.84. The quantitative estimate of drug-likeness (QED) is 0.749. The number of morpholine rings is 1. The van der Waals surface area contributed by atoms with Crippen molar-refractivity contribution in [2.75, 3.05) is 37.7 Å². The van der Waals surface area contributed by atoms with Crippen LogP contribution in [0.15, 0.2) is 12.3 Å². The number of hydrogen-bond acceptors (Lipinski definition) is 4. The van der Waals surface area contributed by atoms with Crippen LogP contribution in [0.3, 0.4) is 0 Å². The predicted octanol–water partition coefficient (Wildman–Crippen LogP) is 0.564. The van der Waals surface area contributed by atoms with E-state index in [9.17, 15) is 0 Å². The summed E-state index contributed by atoms with van der Waals surface area (Å²) in [7, 11) is 0. The molecule has 0 aromatic carbocycles. The van der Waals surface area contributed by atoms with Gasteiger partial charge in [0.05, 0.1) is 25.1 Å². The highest BCUT2D eigenvalue weighted by Gasteiger charge is 2.15. The first-order valence-electron chi connectivity index (χ1n) is 5.95. The molecule has 0 spiro atoms. The molecule has 0 bridgehead atoms. The van der Waals surface area contributed by atoms with Crippen LogP contribution >= 0.6 is 0 Å². The summed E-state index contributed by atoms with van der Waals surface area (Å²) in [6.45, 7) is 5.63. The molecule has 16 heavy (non-hydrogen) atoms. The number of aromatic nitrogens is 1. The van der Waals surface area contributed by atoms with Gasteiger partial charge in [-0.1, -0.05) is 0 Å². The summed E-state index contributed by atoms with van der Waals surface area (Å²) in [5.41, 5.74) is 3.86. The fraction of sp³-hybridized carbons (Fsp3) is 0.583. The Labute approximate surface area is 95.6 Å². The lowest BCUT2D eigenvalue weighted by Crippen LogP contribution is -2.36. The van der Waals surface area contributed by atoms with Gasteiger partial charge in [-0.2, -0.15) is 0 Å². The molecule has 0 saturated carbocycles. The van der Waals surface area contributed by atoms with Crippen LogP contribution in [0.4, 0.5) is 5.69 Å². The SMILES string of the molecule is c1nc2c(cc1N1CCOCC1)CNCC2. The van der Waals surface area contributed by atoms with Crippen LogP contribution in [-0.4, -0.2) is 37.8 Å². The van der Waals surface area contributed by atoms with Gasteiger partial charge in [-0.25, -0.2) is 0 Å². The van der Waals surface area contributed by atoms with Crippen LogP contribution in [0.5, 0.6) is 0 Å². The number of nitrogens with zero attached hydrogens (tertiary/aromatic N) is 2. The van der Waals surface area contributed by atoms with Gasteiger partial charge >= 0.3 is 0 Å². The van der Waals surface area contributed by atoms with Crippen molar-refractivity contribution < 1.29 is 4.74 Å². The van der Waals surface area contributed by atoms with Crippen molar-refractivity contribution in [3.63, 3.8) is 0 Å². The minimum atomic E-state index is 0.829. The first-order valence-corrected chi connectivity index (χ1v) is 5.95. The molecule has 1 saturated heterocycles. The summed E-state index contributed by atoms with van der Waals surface area (Å²) in [5, 5.41) is 3.39. The lowest BCUT2D eigenvalue weighted by Gasteiger charge is -2.29. The number of pyridine rings is 1. The Morgan fingerprint density at radius 1 is 1.31 bits per heavy atom. The Morgan fingerprint density at radius 2 is 2.19 bits per heavy atom. The lowest BCUT2D eigenvalue weighted by molar-refractivity contribution is 0.122. The zero-order valence-corrected chi connectivity index (χ0v) is 9.41. The van der Waals surface area contributed by atoms with Crippen LogP contribution < -0.4 is 10.2 Å². The number of anilines is 1. The maximum absolute atomic E-state index is 5.36. The van der Waals surface area contributed by atoms with Gasteiger partial charge in [-0.05, 0) is 11.6 Å². The molecule has 0 radical (unpaired) electrons. The molecule has 86 valence electrons. The van der Waals surface area contributed by atoms with E-state index in [4.69, 9.17) is 4.74 Å². The summed E-state index contributed by atoms with van der Waals surface area (Å²) in [6, 6.07) is 2.28. The summed E-state index contributed by atoms with van der Waals surface area (Å²) >= 11 is 0. The molecule has 1 N–H and O–H groups in total. The Hall–Kier alpha value is -1.13. The highest BCUT2D eigenvalue weighted by Crippen LogP contribution is 2.20. The summed E-state index contributed by atoms with van der Waals surface area (Å²) < 4.78 is 5.36. The van der Waals surface area contributed by atoms with Gasteiger partial charge in [0.25, 0.3) is 0 Å². The van der Waals surface area contributed by atoms with Crippen molar-refractivity contribution in [2.24, 2.45) is 0 Å². The van der Waals surface area contributed by atoms with Crippen molar-refractivity contribution in [1.29, 1.82) is 0 Å². The minimum absolute atomic E-state index is 0.829. The fourth-order valence-corrected chi connectivity index (χ4v) is 2.33. The van der Waals surface area contributed by atoms with Crippen molar-refractivity contribution >= 4 is 5.69 Å². The number of rotatable bonds is 1. The molecule has 0 atom stereocenters. The third kappa shape index (κ3) is 1.90. The molecule has 0 amide bonds. The third-order valence-electron chi connectivity index (χ3n) is 3.28. The highest BCUT2D eigenvalue weighted by atomic mass is 16.5. The molecule has 0 unspecified atom stereocenters. The van der Waals surface area contributed by atoms with Gasteiger partial charge in [-0.3, -0.25) is 4.98 Å². The second-order valence-corrected chi connectivity index (χ2v) is 4.33. The zero-order valence-electron chi connectivity index (χ0n) is 9.41. The largest absolute Gasteiger partial charge is 0.378 e. The van der Waals surface area contributed by atoms with Gasteiger partial charge in [0.2, 0.25) is 0 Å². The molecular weight excluding hydrogens is 202 g/mol. The molecule has 0 aliphatic carbocycles. The van der Waals surface area contributed by atoms with Crippen LogP contribution in [0.2, 0.25) is 0 Å². The monoisotopic (exact) mass is 219 g/mol. The van der Waals surface area contributed by atoms with E-state index in [2.05, 4.69) is 21.3 Å². The van der Waals surface area contributed by atoms with Crippen molar-refractivity contribution in [1.82, 2.24) is 10.3 Å². The van der Waals surface area contributed by atoms with E-state index >= 15 is 0 Å². The van der Waals surface area contributed by atoms with E-state index in [0.29, 0.717) is 0 Å². The third-order valence-corrected chi connectivity index (χ3v) is 3.28. The molecular formula is C12H17N3O. The first-order chi connectivity index (χ1) is 7.93. The van der Waals surface area contributed by atoms with E-state index < -0.39 is 0 Å². The van der Waals surface area contributed by atoms with Gasteiger partial charge in [0.15, 0.2) is 0 Å². The number of hydrogen-bond donors (Lipinski definition) is 1. The molecule has 4 heteroatoms. The normalized spacial score (nSPS) is 20.6. The number of ether oxygens (including phenoxy) is 1. The summed E-state index contributed by atoms with van der Waals surface area (Å²) in [4.78, 5) is 6.92. The van der Waals surface area contributed by atoms with Gasteiger partial charge in [-0.15, -0.1) is 0 Å². The molecule has 1 fully saturated rings. The lowest BCUT2D eigenvalue weighted by atomic mass is 10.1. The molecule has 3 rings (SSSR count). The topological polar surface area (TPSA) is 37.4 Å². The second kappa shape index (κ2) is 4.39. The average molecular weight is 219 g/mol. The Bertz CT molecular complexity index is 375. The number of fused-ring (bicyclic) bond motifs is 1. The van der Waals surface area contributed by atoms with Crippen LogP contribution in [0, 0.1) is 0 Å². The van der Waals surface area contributed by atoms with E-state index in [1.165, 1.54) is 16.9 Å². The summed E-state index contributed by atoms with van der Waals surface area (Å²) in [6.07, 6.45) is 3.06. The molecule has 1 aromatic rings. The van der Waals surface area contributed by atoms with Gasteiger partial charge in [0, 0.05) is 38.3 Å². The van der Waals surface area contributed by atoms with Crippen LogP contribution in [-0.2, 0) is 17.7 Å². The molecule has 1 aromatic heterocycles. The van der Waals surface area contributed by atoms with E-state index in [1.54, 1.807) is 0 Å². The fourth-order valence-electron chi connectivity index (χ4n) is 2.33. The maximum Gasteiger partial charge on any atom is 0.0642 e. The highest BCUT2D eigenvalue weighted by molar-refractivity contribution is 5.48. The zero-order chi connectivity index (χ0) is 10.8. The van der Waals surface area contributed by atoms with Crippen molar-refractivity contribution in [3.05, 3.63) is 23.5 Å². The molecule has 3 heterocycles. The standard InChI is InChI=1S/C12H17N3O/c1-2-13-8-10-7-11(9-14-12(1)10)15-3-5-16-6-4-15/h7,9,13H,1-6,8H2. The van der Waals surface area contributed by atoms with Crippen molar-refractivity contribution in [3.8, 4) is 0 Å². The first kappa shape index (κ1) is 10.1. The van der Waals surface area contributed by atoms with E-state index in [0.717, 1.165) is 45.8 Å². The minimum Gasteiger partial charge on any atom is -0.378 e. The van der Waals surface area contributed by atoms with Crippen LogP contribution in [0.1, 0.15) is 11.3 Å². The van der Waals surface area contributed by atoms with Crippen LogP contribution in [0.25, 0.3) is 0 Å². The Morgan fingerprint density at radius 3 is 3.06 bits per heavy atom. The molecule has 2 aliphatic heterocycles. The van der Waals surface area contributed by atoms with E-state index in [-0.39, 0.29) is 0 Å². The molecule has 4 nitrogen and oxygen atoms in total. The average Bonchev–Trinajstić information content (AvgIpc) is 2.39. The van der Waals surface area contributed by atoms with E-state index in [1.807, 2.05) is 6.20 Å². The molecule has 2 aliphatic rings. The van der Waals surface area contributed by atoms with Gasteiger partial charge < -0.3 is 15.0 Å². The number of nitrogens with one attached hydrogen (secondary N) is 1. The Kier molecular flexibility index (Phi) is 2.76. The smallest absolute Gasteiger partial charge is 0.0642 e. The summed E-state index contributed by atoms with van der Waals surface area (Å²) in [5.74, 6) is 0. The van der Waals surface area contributed by atoms with Crippen molar-refractivity contribution in [2.45, 2.75) is 13.0 Å². The predicted molar refractivity (Wildman–Crippen MR) is 62.7 cm³/mol. The second-order valence-electron chi connectivity index (χ2n) is 4.33. The maximum atomic E-state index is 5.36. The van der Waals surface area contributed by atoms with Gasteiger partial charge in [0.1, 0.15) is 0 Å².